The molecule has 3 heterocycles. The van der Waals surface area contributed by atoms with Gasteiger partial charge in [-0.3, -0.25) is 4.68 Å². The minimum absolute atomic E-state index is 0.000282. The lowest BCUT2D eigenvalue weighted by atomic mass is 9.93. The van der Waals surface area contributed by atoms with Crippen LogP contribution >= 0.6 is 0 Å². The summed E-state index contributed by atoms with van der Waals surface area (Å²) in [5.41, 5.74) is 0.229. The number of anilines is 1. The summed E-state index contributed by atoms with van der Waals surface area (Å²) in [5.74, 6) is -0.000282. The van der Waals surface area contributed by atoms with Crippen molar-refractivity contribution < 1.29 is 27.9 Å². The lowest BCUT2D eigenvalue weighted by molar-refractivity contribution is 0.0429. The molecule has 1 aliphatic carbocycles. The lowest BCUT2D eigenvalue weighted by Gasteiger charge is -2.41. The Morgan fingerprint density at radius 1 is 0.930 bits per heavy atom. The second-order valence-corrected chi connectivity index (χ2v) is 19.7. The van der Waals surface area contributed by atoms with Crippen LogP contribution in [0.2, 0.25) is 18.1 Å². The summed E-state index contributed by atoms with van der Waals surface area (Å²) in [4.78, 5) is 31.8. The highest BCUT2D eigenvalue weighted by Gasteiger charge is 2.40. The monoisotopic (exact) mass is 612 g/mol. The molecule has 0 aromatic carbocycles. The molecule has 3 aromatic heterocycles. The van der Waals surface area contributed by atoms with Gasteiger partial charge in [-0.1, -0.05) is 20.8 Å². The molecular weight excluding hydrogens is 564 g/mol. The predicted molar refractivity (Wildman–Crippen MR) is 170 cm³/mol. The standard InChI is InChI=1S/C32H48N4O6Si/c1-30(2,3)40-28(37)36(29(38)41-31(4,5)6)27-26-24(16-17-39-26)25(19-33-27)21-18-34-35(20-21)22-12-14-23(15-13-22)42-43(10,11)32(7,8)9/h16-20,22-23H,12-15H2,1-11H3/t22-,23-. The van der Waals surface area contributed by atoms with Crippen LogP contribution in [0, 0.1) is 0 Å². The fourth-order valence-corrected chi connectivity index (χ4v) is 6.32. The summed E-state index contributed by atoms with van der Waals surface area (Å²) < 4.78 is 25.6. The van der Waals surface area contributed by atoms with E-state index >= 15 is 0 Å². The first-order valence-corrected chi connectivity index (χ1v) is 18.0. The number of ether oxygens (including phenoxy) is 2. The topological polar surface area (TPSA) is 109 Å². The molecule has 10 nitrogen and oxygen atoms in total. The molecule has 3 aromatic rings. The Balaban J connectivity index is 1.58. The van der Waals surface area contributed by atoms with Crippen LogP contribution in [0.5, 0.6) is 0 Å². The average Bonchev–Trinajstić information content (AvgIpc) is 3.52. The van der Waals surface area contributed by atoms with Gasteiger partial charge in [0.25, 0.3) is 0 Å². The first-order chi connectivity index (χ1) is 19.8. The number of rotatable bonds is 5. The molecule has 0 aliphatic heterocycles. The Kier molecular flexibility index (Phi) is 8.92. The van der Waals surface area contributed by atoms with E-state index in [2.05, 4.69) is 38.8 Å². The van der Waals surface area contributed by atoms with Crippen LogP contribution < -0.4 is 4.90 Å². The number of imide groups is 1. The maximum absolute atomic E-state index is 13.2. The Labute approximate surface area is 256 Å². The number of aromatic nitrogens is 3. The van der Waals surface area contributed by atoms with Gasteiger partial charge in [-0.25, -0.2) is 14.6 Å². The molecular formula is C32H48N4O6Si. The molecule has 1 saturated carbocycles. The SMILES string of the molecule is CC(C)(C)OC(=O)N(C(=O)OC(C)(C)C)c1ncc(-c2cnn([C@H]3CC[C@H](O[Si](C)(C)C(C)(C)C)CC3)c2)c2ccoc12. The smallest absolute Gasteiger partial charge is 0.425 e. The molecule has 0 N–H and O–H groups in total. The van der Waals surface area contributed by atoms with E-state index in [0.717, 1.165) is 41.7 Å². The predicted octanol–water partition coefficient (Wildman–Crippen LogP) is 8.87. The van der Waals surface area contributed by atoms with E-state index < -0.39 is 31.7 Å². The number of hydrogen-bond donors (Lipinski definition) is 0. The Hall–Kier alpha value is -3.18. The zero-order chi connectivity index (χ0) is 32.0. The highest BCUT2D eigenvalue weighted by atomic mass is 28.4. The van der Waals surface area contributed by atoms with E-state index in [1.165, 1.54) is 6.26 Å². The van der Waals surface area contributed by atoms with Gasteiger partial charge in [-0.15, -0.1) is 0 Å². The van der Waals surface area contributed by atoms with Crippen LogP contribution in [-0.2, 0) is 13.9 Å². The maximum Gasteiger partial charge on any atom is 0.425 e. The van der Waals surface area contributed by atoms with E-state index in [0.29, 0.717) is 11.5 Å². The number of amides is 2. The summed E-state index contributed by atoms with van der Waals surface area (Å²) in [6, 6.07) is 2.08. The average molecular weight is 613 g/mol. The maximum atomic E-state index is 13.2. The summed E-state index contributed by atoms with van der Waals surface area (Å²) in [6.07, 6.45) is 9.51. The second kappa shape index (κ2) is 11.7. The third-order valence-electron chi connectivity index (χ3n) is 8.04. The third-order valence-corrected chi connectivity index (χ3v) is 12.6. The molecule has 0 spiro atoms. The van der Waals surface area contributed by atoms with Gasteiger partial charge in [0.2, 0.25) is 0 Å². The van der Waals surface area contributed by atoms with E-state index in [1.807, 2.05) is 17.1 Å². The van der Waals surface area contributed by atoms with Crippen molar-refractivity contribution in [2.24, 2.45) is 0 Å². The highest BCUT2D eigenvalue weighted by Crippen LogP contribution is 2.41. The molecule has 11 heteroatoms. The molecule has 0 radical (unpaired) electrons. The number of pyridine rings is 1. The van der Waals surface area contributed by atoms with Crippen LogP contribution in [0.1, 0.15) is 94.0 Å². The van der Waals surface area contributed by atoms with Crippen molar-refractivity contribution in [3.8, 4) is 11.1 Å². The van der Waals surface area contributed by atoms with Gasteiger partial charge >= 0.3 is 12.2 Å². The second-order valence-electron chi connectivity index (χ2n) is 15.0. The van der Waals surface area contributed by atoms with Crippen molar-refractivity contribution in [3.63, 3.8) is 0 Å². The normalized spacial score (nSPS) is 18.5. The molecule has 4 rings (SSSR count). The van der Waals surface area contributed by atoms with E-state index in [9.17, 15) is 9.59 Å². The van der Waals surface area contributed by atoms with Gasteiger partial charge in [-0.05, 0) is 91.4 Å². The lowest BCUT2D eigenvalue weighted by Crippen LogP contribution is -2.44. The number of furan rings is 1. The Morgan fingerprint density at radius 2 is 1.51 bits per heavy atom. The van der Waals surface area contributed by atoms with Crippen LogP contribution in [0.15, 0.2) is 35.3 Å². The quantitative estimate of drug-likeness (QED) is 0.263. The first kappa shape index (κ1) is 32.7. The van der Waals surface area contributed by atoms with Crippen LogP contribution in [0.25, 0.3) is 22.1 Å². The minimum atomic E-state index is -1.80. The number of nitrogens with zero attached hydrogens (tertiary/aromatic N) is 4. The van der Waals surface area contributed by atoms with Gasteiger partial charge in [0.15, 0.2) is 19.7 Å². The van der Waals surface area contributed by atoms with Crippen molar-refractivity contribution in [3.05, 3.63) is 30.9 Å². The van der Waals surface area contributed by atoms with Gasteiger partial charge in [0.1, 0.15) is 11.2 Å². The molecule has 236 valence electrons. The Morgan fingerprint density at radius 3 is 2.05 bits per heavy atom. The largest absolute Gasteiger partial charge is 0.460 e. The van der Waals surface area contributed by atoms with Gasteiger partial charge in [0.05, 0.1) is 18.5 Å². The van der Waals surface area contributed by atoms with E-state index in [-0.39, 0.29) is 22.5 Å². The molecule has 1 fully saturated rings. The van der Waals surface area contributed by atoms with Crippen LogP contribution in [0.3, 0.4) is 0 Å². The van der Waals surface area contributed by atoms with Gasteiger partial charge in [0, 0.05) is 35.0 Å². The zero-order valence-electron chi connectivity index (χ0n) is 27.6. The number of hydrogen-bond acceptors (Lipinski definition) is 8. The summed E-state index contributed by atoms with van der Waals surface area (Å²) in [6.45, 7) is 21.8. The van der Waals surface area contributed by atoms with Crippen molar-refractivity contribution in [1.29, 1.82) is 0 Å². The highest BCUT2D eigenvalue weighted by molar-refractivity contribution is 6.74. The van der Waals surface area contributed by atoms with Crippen molar-refractivity contribution in [2.45, 2.75) is 129 Å². The van der Waals surface area contributed by atoms with Crippen molar-refractivity contribution >= 4 is 37.3 Å². The van der Waals surface area contributed by atoms with E-state index in [4.69, 9.17) is 23.4 Å². The molecule has 0 bridgehead atoms. The first-order valence-electron chi connectivity index (χ1n) is 15.1. The number of carbonyl (C=O) groups is 2. The van der Waals surface area contributed by atoms with Crippen LogP contribution in [0.4, 0.5) is 15.4 Å². The Bertz CT molecular complexity index is 1420. The molecule has 0 saturated heterocycles. The summed E-state index contributed by atoms with van der Waals surface area (Å²) in [5, 5.41) is 5.59. The van der Waals surface area contributed by atoms with E-state index in [1.54, 1.807) is 53.8 Å². The van der Waals surface area contributed by atoms with Crippen molar-refractivity contribution in [2.75, 3.05) is 4.90 Å². The summed E-state index contributed by atoms with van der Waals surface area (Å²) in [7, 11) is -1.80. The molecule has 43 heavy (non-hydrogen) atoms. The number of carbonyl (C=O) groups excluding carboxylic acids is 2. The fraction of sp³-hybridized carbons (Fsp3) is 0.625. The minimum Gasteiger partial charge on any atom is -0.460 e. The molecule has 0 unspecified atom stereocenters. The number of fused-ring (bicyclic) bond motifs is 1. The summed E-state index contributed by atoms with van der Waals surface area (Å²) >= 11 is 0. The van der Waals surface area contributed by atoms with Crippen molar-refractivity contribution in [1.82, 2.24) is 14.8 Å². The molecule has 2 amide bonds. The van der Waals surface area contributed by atoms with Gasteiger partial charge < -0.3 is 18.3 Å². The fourth-order valence-electron chi connectivity index (χ4n) is 4.90. The van der Waals surface area contributed by atoms with Crippen LogP contribution in [-0.4, -0.2) is 52.6 Å². The van der Waals surface area contributed by atoms with Gasteiger partial charge in [-0.2, -0.15) is 10.00 Å². The molecule has 1 aliphatic rings. The molecule has 0 atom stereocenters. The third kappa shape index (κ3) is 7.67. The zero-order valence-corrected chi connectivity index (χ0v) is 28.6.